The molecule has 1 saturated heterocycles. The van der Waals surface area contributed by atoms with Crippen molar-refractivity contribution in [1.29, 1.82) is 0 Å². The van der Waals surface area contributed by atoms with E-state index >= 15 is 0 Å². The molecular weight excluding hydrogens is 188 g/mol. The minimum atomic E-state index is -3.35. The first kappa shape index (κ1) is 9.86. The third-order valence-corrected chi connectivity index (χ3v) is 2.27. The molecule has 12 heavy (non-hydrogen) atoms. The highest BCUT2D eigenvalue weighted by Crippen LogP contribution is 2.28. The monoisotopic (exact) mass is 197 g/mol. The largest absolute Gasteiger partial charge is 0.320 e. The third-order valence-electron chi connectivity index (χ3n) is 1.99. The van der Waals surface area contributed by atoms with Gasteiger partial charge in [0, 0.05) is 6.42 Å². The fraction of sp³-hybridized carbons (Fsp3) is 0.857. The molecule has 70 valence electrons. The molecule has 5 heteroatoms. The second kappa shape index (κ2) is 3.66. The highest BCUT2D eigenvalue weighted by Gasteiger charge is 2.40. The van der Waals surface area contributed by atoms with Gasteiger partial charge in [-0.1, -0.05) is 0 Å². The van der Waals surface area contributed by atoms with E-state index in [0.29, 0.717) is 13.0 Å². The molecule has 0 amide bonds. The van der Waals surface area contributed by atoms with Crippen molar-refractivity contribution in [2.24, 2.45) is 5.92 Å². The van der Waals surface area contributed by atoms with Crippen LogP contribution in [0.4, 0.5) is 8.78 Å². The van der Waals surface area contributed by atoms with Gasteiger partial charge in [0.05, 0.1) is 0 Å². The lowest BCUT2D eigenvalue weighted by atomic mass is 10.0. The van der Waals surface area contributed by atoms with Gasteiger partial charge in [-0.3, -0.25) is 4.79 Å². The van der Waals surface area contributed by atoms with Crippen LogP contribution in [-0.2, 0) is 4.79 Å². The maximum Gasteiger partial charge on any atom is 0.320 e. The highest BCUT2D eigenvalue weighted by atomic mass is 35.5. The van der Waals surface area contributed by atoms with E-state index in [9.17, 15) is 13.6 Å². The zero-order valence-corrected chi connectivity index (χ0v) is 7.20. The summed E-state index contributed by atoms with van der Waals surface area (Å²) in [6.07, 6.45) is 0.266. The van der Waals surface area contributed by atoms with Gasteiger partial charge in [0.25, 0.3) is 5.24 Å². The quantitative estimate of drug-likeness (QED) is 0.693. The van der Waals surface area contributed by atoms with E-state index in [1.807, 2.05) is 0 Å². The fourth-order valence-corrected chi connectivity index (χ4v) is 1.41. The summed E-state index contributed by atoms with van der Waals surface area (Å²) >= 11 is 4.74. The van der Waals surface area contributed by atoms with Gasteiger partial charge < -0.3 is 5.32 Å². The number of rotatable bonds is 3. The van der Waals surface area contributed by atoms with E-state index in [0.717, 1.165) is 6.54 Å². The molecule has 1 rings (SSSR count). The molecule has 0 aliphatic carbocycles. The lowest BCUT2D eigenvalue weighted by molar-refractivity contribution is -0.136. The number of nitrogens with one attached hydrogen (secondary N) is 1. The van der Waals surface area contributed by atoms with Crippen LogP contribution >= 0.6 is 11.6 Å². The maximum atomic E-state index is 12.7. The Morgan fingerprint density at radius 3 is 2.75 bits per heavy atom. The molecule has 1 heterocycles. The van der Waals surface area contributed by atoms with Crippen LogP contribution in [0.15, 0.2) is 0 Å². The predicted octanol–water partition coefficient (Wildman–Crippen LogP) is 1.39. The van der Waals surface area contributed by atoms with E-state index in [2.05, 4.69) is 5.32 Å². The van der Waals surface area contributed by atoms with E-state index < -0.39 is 17.6 Å². The van der Waals surface area contributed by atoms with Crippen LogP contribution < -0.4 is 5.32 Å². The molecule has 0 bridgehead atoms. The number of alkyl halides is 2. The Bertz CT molecular complexity index is 180. The van der Waals surface area contributed by atoms with Crippen molar-refractivity contribution in [2.45, 2.75) is 18.8 Å². The molecule has 1 aliphatic heterocycles. The molecule has 1 aliphatic rings. The van der Waals surface area contributed by atoms with Crippen LogP contribution in [0.25, 0.3) is 0 Å². The molecule has 1 fully saturated rings. The molecule has 0 aromatic rings. The summed E-state index contributed by atoms with van der Waals surface area (Å²) in [5, 5.41) is 1.40. The second-order valence-corrected chi connectivity index (χ2v) is 3.38. The molecule has 1 N–H and O–H groups in total. The standard InChI is InChI=1S/C7H10ClF2NO/c8-6(12)7(9,10)3-5-1-2-11-4-5/h5,11H,1-4H2. The molecule has 2 nitrogen and oxygen atoms in total. The van der Waals surface area contributed by atoms with Gasteiger partial charge in [0.1, 0.15) is 0 Å². The zero-order chi connectivity index (χ0) is 9.19. The number of halogens is 3. The van der Waals surface area contributed by atoms with Gasteiger partial charge in [-0.05, 0) is 37.0 Å². The summed E-state index contributed by atoms with van der Waals surface area (Å²) in [5.74, 6) is -3.47. The zero-order valence-electron chi connectivity index (χ0n) is 6.45. The van der Waals surface area contributed by atoms with E-state index in [1.165, 1.54) is 0 Å². The van der Waals surface area contributed by atoms with Crippen LogP contribution in [-0.4, -0.2) is 24.3 Å². The number of hydrogen-bond acceptors (Lipinski definition) is 2. The summed E-state index contributed by atoms with van der Waals surface area (Å²) in [7, 11) is 0. The van der Waals surface area contributed by atoms with Gasteiger partial charge in [-0.2, -0.15) is 8.78 Å². The Morgan fingerprint density at radius 2 is 2.33 bits per heavy atom. The Morgan fingerprint density at radius 1 is 1.67 bits per heavy atom. The summed E-state index contributed by atoms with van der Waals surface area (Å²) in [6.45, 7) is 1.30. The number of carbonyl (C=O) groups excluding carboxylic acids is 1. The highest BCUT2D eigenvalue weighted by molar-refractivity contribution is 6.65. The Kier molecular flexibility index (Phi) is 3.01. The van der Waals surface area contributed by atoms with Crippen LogP contribution in [0.5, 0.6) is 0 Å². The van der Waals surface area contributed by atoms with E-state index in [-0.39, 0.29) is 5.92 Å². The average Bonchev–Trinajstić information content (AvgIpc) is 2.38. The minimum absolute atomic E-state index is 0.123. The van der Waals surface area contributed by atoms with E-state index in [1.54, 1.807) is 0 Å². The molecule has 0 radical (unpaired) electrons. The van der Waals surface area contributed by atoms with Crippen LogP contribution in [0.3, 0.4) is 0 Å². The molecule has 1 atom stereocenters. The van der Waals surface area contributed by atoms with Gasteiger partial charge in [0.2, 0.25) is 0 Å². The number of carbonyl (C=O) groups is 1. The van der Waals surface area contributed by atoms with Gasteiger partial charge >= 0.3 is 5.92 Å². The minimum Gasteiger partial charge on any atom is -0.316 e. The van der Waals surface area contributed by atoms with Gasteiger partial charge in [-0.25, -0.2) is 0 Å². The Hall–Kier alpha value is -0.220. The smallest absolute Gasteiger partial charge is 0.316 e. The van der Waals surface area contributed by atoms with Crippen molar-refractivity contribution in [2.75, 3.05) is 13.1 Å². The maximum absolute atomic E-state index is 12.7. The first-order valence-electron chi connectivity index (χ1n) is 3.81. The summed E-state index contributed by atoms with van der Waals surface area (Å²) in [4.78, 5) is 10.2. The summed E-state index contributed by atoms with van der Waals surface area (Å²) < 4.78 is 25.4. The topological polar surface area (TPSA) is 29.1 Å². The SMILES string of the molecule is O=C(Cl)C(F)(F)CC1CCNC1. The first-order chi connectivity index (χ1) is 5.52. The lowest BCUT2D eigenvalue weighted by Gasteiger charge is -2.14. The fourth-order valence-electron chi connectivity index (χ4n) is 1.33. The molecule has 0 aromatic carbocycles. The molecule has 0 saturated carbocycles. The van der Waals surface area contributed by atoms with Crippen molar-refractivity contribution in [3.05, 3.63) is 0 Å². The molecular formula is C7H10ClF2NO. The summed E-state index contributed by atoms with van der Waals surface area (Å²) in [5.41, 5.74) is 0. The van der Waals surface area contributed by atoms with Crippen molar-refractivity contribution >= 4 is 16.8 Å². The van der Waals surface area contributed by atoms with Gasteiger partial charge in [0.15, 0.2) is 0 Å². The lowest BCUT2D eigenvalue weighted by Crippen LogP contribution is -2.28. The third kappa shape index (κ3) is 2.38. The Labute approximate surface area is 74.3 Å². The van der Waals surface area contributed by atoms with Crippen molar-refractivity contribution < 1.29 is 13.6 Å². The summed E-state index contributed by atoms with van der Waals surface area (Å²) in [6, 6.07) is 0. The van der Waals surface area contributed by atoms with Crippen molar-refractivity contribution in [1.82, 2.24) is 5.32 Å². The molecule has 1 unspecified atom stereocenters. The van der Waals surface area contributed by atoms with Crippen molar-refractivity contribution in [3.63, 3.8) is 0 Å². The first-order valence-corrected chi connectivity index (χ1v) is 4.18. The Balaban J connectivity index is 2.42. The van der Waals surface area contributed by atoms with Crippen LogP contribution in [0.1, 0.15) is 12.8 Å². The number of hydrogen-bond donors (Lipinski definition) is 1. The predicted molar refractivity (Wildman–Crippen MR) is 41.4 cm³/mol. The van der Waals surface area contributed by atoms with Crippen LogP contribution in [0, 0.1) is 5.92 Å². The second-order valence-electron chi connectivity index (χ2n) is 3.04. The molecule has 0 spiro atoms. The average molecular weight is 198 g/mol. The van der Waals surface area contributed by atoms with Crippen molar-refractivity contribution in [3.8, 4) is 0 Å². The van der Waals surface area contributed by atoms with Crippen LogP contribution in [0.2, 0.25) is 0 Å². The molecule has 0 aromatic heterocycles. The van der Waals surface area contributed by atoms with E-state index in [4.69, 9.17) is 11.6 Å². The normalized spacial score (nSPS) is 24.4. The van der Waals surface area contributed by atoms with Gasteiger partial charge in [-0.15, -0.1) is 0 Å².